The predicted molar refractivity (Wildman–Crippen MR) is 108 cm³/mol. The van der Waals surface area contributed by atoms with E-state index in [9.17, 15) is 0 Å². The first-order valence-corrected chi connectivity index (χ1v) is 11.5. The van der Waals surface area contributed by atoms with Gasteiger partial charge in [-0.05, 0) is 12.2 Å². The van der Waals surface area contributed by atoms with Crippen LogP contribution in [0.1, 0.15) is 96.8 Å². The van der Waals surface area contributed by atoms with Crippen molar-refractivity contribution in [2.45, 2.75) is 96.8 Å². The summed E-state index contributed by atoms with van der Waals surface area (Å²) in [5, 5.41) is 11.9. The largest absolute Gasteiger partial charge is 0.395 e. The first-order valence-electron chi connectivity index (χ1n) is 10.3. The summed E-state index contributed by atoms with van der Waals surface area (Å²) in [5.74, 6) is 2.48. The minimum atomic E-state index is 0.254. The third kappa shape index (κ3) is 22.3. The fourth-order valence-electron chi connectivity index (χ4n) is 2.85. The molecule has 2 nitrogen and oxygen atoms in total. The van der Waals surface area contributed by atoms with Crippen LogP contribution >= 0.6 is 11.8 Å². The number of hydrogen-bond donors (Lipinski definition) is 2. The van der Waals surface area contributed by atoms with Crippen LogP contribution in [-0.2, 0) is 0 Å². The van der Waals surface area contributed by atoms with Gasteiger partial charge in [0, 0.05) is 18.8 Å². The highest BCUT2D eigenvalue weighted by Crippen LogP contribution is 2.13. The Kier molecular flexibility index (Phi) is 22.5. The van der Waals surface area contributed by atoms with Crippen molar-refractivity contribution in [2.24, 2.45) is 0 Å². The van der Waals surface area contributed by atoms with E-state index in [2.05, 4.69) is 12.2 Å². The summed E-state index contributed by atoms with van der Waals surface area (Å²) in [6, 6.07) is 0. The van der Waals surface area contributed by atoms with E-state index in [1.165, 1.54) is 101 Å². The molecule has 0 aromatic rings. The predicted octanol–water partition coefficient (Wildman–Crippen LogP) is 5.78. The number of aliphatic hydroxyl groups excluding tert-OH is 1. The third-order valence-corrected chi connectivity index (χ3v) is 5.42. The molecule has 0 spiro atoms. The second kappa shape index (κ2) is 22.3. The van der Waals surface area contributed by atoms with E-state index in [-0.39, 0.29) is 6.61 Å². The van der Waals surface area contributed by atoms with Gasteiger partial charge in [-0.15, -0.1) is 0 Å². The first kappa shape index (κ1) is 23.3. The normalized spacial score (nSPS) is 11.2. The van der Waals surface area contributed by atoms with Gasteiger partial charge in [-0.25, -0.2) is 0 Å². The molecule has 140 valence electrons. The highest BCUT2D eigenvalue weighted by molar-refractivity contribution is 7.99. The van der Waals surface area contributed by atoms with Crippen molar-refractivity contribution < 1.29 is 5.11 Å². The lowest BCUT2D eigenvalue weighted by atomic mass is 10.0. The van der Waals surface area contributed by atoms with E-state index in [0.717, 1.165) is 13.1 Å². The Balaban J connectivity index is 2.92. The van der Waals surface area contributed by atoms with Crippen LogP contribution in [0.2, 0.25) is 0 Å². The molecule has 23 heavy (non-hydrogen) atoms. The molecule has 0 aromatic carbocycles. The standard InChI is InChI=1S/C20H43NOS/c1-2-3-4-5-6-7-8-9-10-11-12-13-14-15-19-23-20-17-21-16-18-22/h21-22H,2-20H2,1H3. The molecule has 0 amide bonds. The average molecular weight is 346 g/mol. The zero-order valence-electron chi connectivity index (χ0n) is 15.8. The van der Waals surface area contributed by atoms with Gasteiger partial charge >= 0.3 is 0 Å². The number of unbranched alkanes of at least 4 members (excludes halogenated alkanes) is 13. The zero-order chi connectivity index (χ0) is 16.8. The molecule has 0 saturated carbocycles. The van der Waals surface area contributed by atoms with Gasteiger partial charge in [0.25, 0.3) is 0 Å². The van der Waals surface area contributed by atoms with Crippen LogP contribution in [0.4, 0.5) is 0 Å². The smallest absolute Gasteiger partial charge is 0.0555 e. The number of thioether (sulfide) groups is 1. The Bertz CT molecular complexity index is 182. The summed E-state index contributed by atoms with van der Waals surface area (Å²) < 4.78 is 0. The Morgan fingerprint density at radius 1 is 0.609 bits per heavy atom. The molecule has 0 saturated heterocycles. The van der Waals surface area contributed by atoms with E-state index in [1.54, 1.807) is 0 Å². The molecule has 0 bridgehead atoms. The number of rotatable bonds is 20. The van der Waals surface area contributed by atoms with E-state index in [0.29, 0.717) is 0 Å². The maximum Gasteiger partial charge on any atom is 0.0555 e. The molecular formula is C20H43NOS. The molecule has 3 heteroatoms. The second-order valence-electron chi connectivity index (χ2n) is 6.68. The minimum Gasteiger partial charge on any atom is -0.395 e. The van der Waals surface area contributed by atoms with E-state index in [1.807, 2.05) is 11.8 Å². The molecule has 0 heterocycles. The molecule has 0 rings (SSSR count). The zero-order valence-corrected chi connectivity index (χ0v) is 16.6. The van der Waals surface area contributed by atoms with Gasteiger partial charge in [0.15, 0.2) is 0 Å². The van der Waals surface area contributed by atoms with Crippen LogP contribution in [0.3, 0.4) is 0 Å². The van der Waals surface area contributed by atoms with Crippen molar-refractivity contribution in [3.8, 4) is 0 Å². The van der Waals surface area contributed by atoms with Gasteiger partial charge in [-0.2, -0.15) is 11.8 Å². The molecule has 0 aliphatic rings. The SMILES string of the molecule is CCCCCCCCCCCCCCCCSCCNCCO. The van der Waals surface area contributed by atoms with Crippen LogP contribution in [-0.4, -0.2) is 36.3 Å². The summed E-state index contributed by atoms with van der Waals surface area (Å²) >= 11 is 2.04. The maximum absolute atomic E-state index is 8.64. The summed E-state index contributed by atoms with van der Waals surface area (Å²) in [7, 11) is 0. The van der Waals surface area contributed by atoms with Gasteiger partial charge in [-0.3, -0.25) is 0 Å². The van der Waals surface area contributed by atoms with Gasteiger partial charge in [-0.1, -0.05) is 90.4 Å². The van der Waals surface area contributed by atoms with Gasteiger partial charge in [0.2, 0.25) is 0 Å². The quantitative estimate of drug-likeness (QED) is 0.274. The molecule has 0 aliphatic carbocycles. The fraction of sp³-hybridized carbons (Fsp3) is 1.00. The van der Waals surface area contributed by atoms with Crippen molar-refractivity contribution in [2.75, 3.05) is 31.2 Å². The molecule has 0 radical (unpaired) electrons. The number of nitrogens with one attached hydrogen (secondary N) is 1. The summed E-state index contributed by atoms with van der Waals surface area (Å²) in [5.41, 5.74) is 0. The summed E-state index contributed by atoms with van der Waals surface area (Å²) in [6.07, 6.45) is 20.1. The lowest BCUT2D eigenvalue weighted by Crippen LogP contribution is -2.20. The molecule has 2 N–H and O–H groups in total. The molecular weight excluding hydrogens is 302 g/mol. The van der Waals surface area contributed by atoms with Crippen LogP contribution in [0.5, 0.6) is 0 Å². The van der Waals surface area contributed by atoms with Crippen LogP contribution in [0.15, 0.2) is 0 Å². The van der Waals surface area contributed by atoms with E-state index >= 15 is 0 Å². The second-order valence-corrected chi connectivity index (χ2v) is 7.91. The summed E-state index contributed by atoms with van der Waals surface area (Å²) in [4.78, 5) is 0. The molecule has 0 unspecified atom stereocenters. The Morgan fingerprint density at radius 2 is 1.09 bits per heavy atom. The first-order chi connectivity index (χ1) is 11.4. The van der Waals surface area contributed by atoms with E-state index in [4.69, 9.17) is 5.11 Å². The number of hydrogen-bond acceptors (Lipinski definition) is 3. The van der Waals surface area contributed by atoms with Crippen molar-refractivity contribution in [1.82, 2.24) is 5.32 Å². The Hall–Kier alpha value is 0.270. The highest BCUT2D eigenvalue weighted by Gasteiger charge is 1.94. The van der Waals surface area contributed by atoms with Gasteiger partial charge < -0.3 is 10.4 Å². The molecule has 0 atom stereocenters. The van der Waals surface area contributed by atoms with Gasteiger partial charge in [0.05, 0.1) is 6.61 Å². The average Bonchev–Trinajstić information content (AvgIpc) is 2.57. The fourth-order valence-corrected chi connectivity index (χ4v) is 3.75. The van der Waals surface area contributed by atoms with Crippen LogP contribution < -0.4 is 5.32 Å². The van der Waals surface area contributed by atoms with Crippen molar-refractivity contribution in [3.63, 3.8) is 0 Å². The number of aliphatic hydroxyl groups is 1. The lowest BCUT2D eigenvalue weighted by Gasteiger charge is -2.04. The topological polar surface area (TPSA) is 32.3 Å². The van der Waals surface area contributed by atoms with Crippen molar-refractivity contribution in [3.05, 3.63) is 0 Å². The molecule has 0 aromatic heterocycles. The molecule has 0 fully saturated rings. The Labute approximate surface area is 150 Å². The summed E-state index contributed by atoms with van der Waals surface area (Å²) in [6.45, 7) is 4.31. The third-order valence-electron chi connectivity index (χ3n) is 4.35. The van der Waals surface area contributed by atoms with Crippen LogP contribution in [0.25, 0.3) is 0 Å². The maximum atomic E-state index is 8.64. The monoisotopic (exact) mass is 345 g/mol. The highest BCUT2D eigenvalue weighted by atomic mass is 32.2. The van der Waals surface area contributed by atoms with Crippen molar-refractivity contribution in [1.29, 1.82) is 0 Å². The van der Waals surface area contributed by atoms with Crippen molar-refractivity contribution >= 4 is 11.8 Å². The van der Waals surface area contributed by atoms with E-state index < -0.39 is 0 Å². The Morgan fingerprint density at radius 3 is 1.57 bits per heavy atom. The van der Waals surface area contributed by atoms with Gasteiger partial charge in [0.1, 0.15) is 0 Å². The van der Waals surface area contributed by atoms with Crippen LogP contribution in [0, 0.1) is 0 Å². The minimum absolute atomic E-state index is 0.254. The lowest BCUT2D eigenvalue weighted by molar-refractivity contribution is 0.294. The molecule has 0 aliphatic heterocycles.